The van der Waals surface area contributed by atoms with Crippen LogP contribution < -0.4 is 5.32 Å². The van der Waals surface area contributed by atoms with Crippen molar-refractivity contribution >= 4 is 17.1 Å². The second-order valence-electron chi connectivity index (χ2n) is 6.65. The Morgan fingerprint density at radius 3 is 3.04 bits per heavy atom. The molecule has 3 rings (SSSR count). The van der Waals surface area contributed by atoms with Gasteiger partial charge in [0.05, 0.1) is 23.5 Å². The van der Waals surface area contributed by atoms with E-state index in [0.29, 0.717) is 13.1 Å². The van der Waals surface area contributed by atoms with Crippen molar-refractivity contribution in [2.24, 2.45) is 5.92 Å². The van der Waals surface area contributed by atoms with E-state index in [1.807, 2.05) is 24.5 Å². The number of aliphatic hydroxyl groups excluding tert-OH is 1. The molecule has 0 saturated heterocycles. The summed E-state index contributed by atoms with van der Waals surface area (Å²) in [6, 6.07) is 7.98. The molecule has 130 valence electrons. The summed E-state index contributed by atoms with van der Waals surface area (Å²) in [5, 5.41) is 12.8. The fourth-order valence-electron chi connectivity index (χ4n) is 3.43. The number of benzene rings is 1. The molecular weight excluding hydrogens is 304 g/mol. The standard InChI is InChI=1S/C18H26N4O2/c1-21(12-14-6-4-9-17(14)23)18(24)19-10-5-11-22-13-20-15-7-2-3-8-16(15)22/h2-3,7-8,13-14,17,23H,4-6,9-12H2,1H3,(H,19,24). The van der Waals surface area contributed by atoms with Crippen LogP contribution in [0, 0.1) is 5.92 Å². The number of aromatic nitrogens is 2. The largest absolute Gasteiger partial charge is 0.393 e. The van der Waals surface area contributed by atoms with E-state index in [2.05, 4.69) is 20.9 Å². The third kappa shape index (κ3) is 3.87. The lowest BCUT2D eigenvalue weighted by Gasteiger charge is -2.23. The summed E-state index contributed by atoms with van der Waals surface area (Å²) in [5.41, 5.74) is 2.12. The molecule has 2 aromatic rings. The summed E-state index contributed by atoms with van der Waals surface area (Å²) < 4.78 is 2.11. The van der Waals surface area contributed by atoms with Crippen LogP contribution >= 0.6 is 0 Å². The molecule has 0 spiro atoms. The molecule has 1 aromatic carbocycles. The van der Waals surface area contributed by atoms with Gasteiger partial charge in [0.1, 0.15) is 0 Å². The highest BCUT2D eigenvalue weighted by molar-refractivity contribution is 5.75. The van der Waals surface area contributed by atoms with Crippen molar-refractivity contribution in [3.8, 4) is 0 Å². The molecule has 2 amide bonds. The minimum absolute atomic E-state index is 0.0652. The van der Waals surface area contributed by atoms with Gasteiger partial charge in [-0.3, -0.25) is 0 Å². The highest BCUT2D eigenvalue weighted by Gasteiger charge is 2.27. The summed E-state index contributed by atoms with van der Waals surface area (Å²) in [4.78, 5) is 18.2. The van der Waals surface area contributed by atoms with Crippen LogP contribution in [0.1, 0.15) is 25.7 Å². The number of hydrogen-bond acceptors (Lipinski definition) is 3. The van der Waals surface area contributed by atoms with Crippen LogP contribution in [0.15, 0.2) is 30.6 Å². The number of para-hydroxylation sites is 2. The molecule has 1 aromatic heterocycles. The lowest BCUT2D eigenvalue weighted by molar-refractivity contribution is 0.114. The van der Waals surface area contributed by atoms with Crippen molar-refractivity contribution in [2.75, 3.05) is 20.1 Å². The predicted molar refractivity (Wildman–Crippen MR) is 93.7 cm³/mol. The van der Waals surface area contributed by atoms with Crippen molar-refractivity contribution < 1.29 is 9.90 Å². The molecule has 6 nitrogen and oxygen atoms in total. The Bertz CT molecular complexity index is 684. The molecule has 2 atom stereocenters. The van der Waals surface area contributed by atoms with E-state index in [0.717, 1.165) is 43.3 Å². The molecule has 0 aliphatic heterocycles. The Morgan fingerprint density at radius 1 is 1.42 bits per heavy atom. The number of aryl methyl sites for hydroxylation is 1. The summed E-state index contributed by atoms with van der Waals surface area (Å²) >= 11 is 0. The second-order valence-corrected chi connectivity index (χ2v) is 6.65. The smallest absolute Gasteiger partial charge is 0.317 e. The van der Waals surface area contributed by atoms with Crippen LogP contribution in [0.2, 0.25) is 0 Å². The number of nitrogens with zero attached hydrogens (tertiary/aromatic N) is 3. The van der Waals surface area contributed by atoms with Crippen LogP contribution in [0.5, 0.6) is 0 Å². The first-order valence-electron chi connectivity index (χ1n) is 8.72. The Kier molecular flexibility index (Phi) is 5.35. The van der Waals surface area contributed by atoms with E-state index < -0.39 is 0 Å². The van der Waals surface area contributed by atoms with E-state index in [1.165, 1.54) is 0 Å². The number of urea groups is 1. The van der Waals surface area contributed by atoms with Gasteiger partial charge in [0.25, 0.3) is 0 Å². The van der Waals surface area contributed by atoms with Crippen LogP contribution in [-0.2, 0) is 6.54 Å². The van der Waals surface area contributed by atoms with Gasteiger partial charge in [0.15, 0.2) is 0 Å². The van der Waals surface area contributed by atoms with Gasteiger partial charge < -0.3 is 19.9 Å². The minimum Gasteiger partial charge on any atom is -0.393 e. The molecule has 2 N–H and O–H groups in total. The molecule has 1 saturated carbocycles. The van der Waals surface area contributed by atoms with Crippen LogP contribution in [0.4, 0.5) is 4.79 Å². The molecule has 1 heterocycles. The molecule has 6 heteroatoms. The average Bonchev–Trinajstić information content (AvgIpc) is 3.18. The predicted octanol–water partition coefficient (Wildman–Crippen LogP) is 2.23. The maximum Gasteiger partial charge on any atom is 0.317 e. The first kappa shape index (κ1) is 16.8. The minimum atomic E-state index is -0.255. The summed E-state index contributed by atoms with van der Waals surface area (Å²) in [6.07, 6.45) is 5.37. The van der Waals surface area contributed by atoms with E-state index in [1.54, 1.807) is 11.9 Å². The highest BCUT2D eigenvalue weighted by Crippen LogP contribution is 2.25. The number of hydrogen-bond donors (Lipinski definition) is 2. The number of carbonyl (C=O) groups excluding carboxylic acids is 1. The third-order valence-corrected chi connectivity index (χ3v) is 4.85. The molecule has 0 radical (unpaired) electrons. The van der Waals surface area contributed by atoms with Crippen LogP contribution in [0.25, 0.3) is 11.0 Å². The second kappa shape index (κ2) is 7.66. The van der Waals surface area contributed by atoms with E-state index in [-0.39, 0.29) is 18.1 Å². The van der Waals surface area contributed by atoms with Gasteiger partial charge in [0.2, 0.25) is 0 Å². The first-order chi connectivity index (χ1) is 11.6. The van der Waals surface area contributed by atoms with Crippen LogP contribution in [-0.4, -0.2) is 51.8 Å². The normalized spacial score (nSPS) is 20.4. The van der Waals surface area contributed by atoms with Crippen LogP contribution in [0.3, 0.4) is 0 Å². The number of amides is 2. The van der Waals surface area contributed by atoms with Gasteiger partial charge >= 0.3 is 6.03 Å². The lowest BCUT2D eigenvalue weighted by atomic mass is 10.1. The molecule has 1 fully saturated rings. The fraction of sp³-hybridized carbons (Fsp3) is 0.556. The Morgan fingerprint density at radius 2 is 2.25 bits per heavy atom. The maximum absolute atomic E-state index is 12.1. The van der Waals surface area contributed by atoms with E-state index in [9.17, 15) is 9.90 Å². The molecule has 1 aliphatic rings. The van der Waals surface area contributed by atoms with Crippen molar-refractivity contribution in [3.63, 3.8) is 0 Å². The van der Waals surface area contributed by atoms with Crippen molar-refractivity contribution in [3.05, 3.63) is 30.6 Å². The maximum atomic E-state index is 12.1. The zero-order chi connectivity index (χ0) is 16.9. The van der Waals surface area contributed by atoms with Gasteiger partial charge in [0, 0.05) is 32.6 Å². The number of rotatable bonds is 6. The molecule has 1 aliphatic carbocycles. The first-order valence-corrected chi connectivity index (χ1v) is 8.72. The Labute approximate surface area is 142 Å². The zero-order valence-electron chi connectivity index (χ0n) is 14.2. The average molecular weight is 330 g/mol. The fourth-order valence-corrected chi connectivity index (χ4v) is 3.43. The monoisotopic (exact) mass is 330 g/mol. The summed E-state index contributed by atoms with van der Waals surface area (Å²) in [5.74, 6) is 0.220. The SMILES string of the molecule is CN(CC1CCCC1O)C(=O)NCCCn1cnc2ccccc21. The van der Waals surface area contributed by atoms with Gasteiger partial charge in [-0.2, -0.15) is 0 Å². The number of carbonyl (C=O) groups is 1. The summed E-state index contributed by atoms with van der Waals surface area (Å²) in [6.45, 7) is 2.08. The van der Waals surface area contributed by atoms with Crippen molar-refractivity contribution in [1.29, 1.82) is 0 Å². The number of imidazole rings is 1. The quantitative estimate of drug-likeness (QED) is 0.798. The van der Waals surface area contributed by atoms with Gasteiger partial charge in [-0.25, -0.2) is 9.78 Å². The van der Waals surface area contributed by atoms with E-state index in [4.69, 9.17) is 0 Å². The third-order valence-electron chi connectivity index (χ3n) is 4.85. The Hall–Kier alpha value is -2.08. The molecule has 24 heavy (non-hydrogen) atoms. The zero-order valence-corrected chi connectivity index (χ0v) is 14.2. The van der Waals surface area contributed by atoms with Gasteiger partial charge in [-0.1, -0.05) is 18.6 Å². The highest BCUT2D eigenvalue weighted by atomic mass is 16.3. The molecule has 2 unspecified atom stereocenters. The van der Waals surface area contributed by atoms with Gasteiger partial charge in [-0.05, 0) is 31.4 Å². The number of nitrogens with one attached hydrogen (secondary N) is 1. The van der Waals surface area contributed by atoms with Crippen molar-refractivity contribution in [1.82, 2.24) is 19.8 Å². The molecule has 0 bridgehead atoms. The molecular formula is C18H26N4O2. The number of fused-ring (bicyclic) bond motifs is 1. The summed E-state index contributed by atoms with van der Waals surface area (Å²) in [7, 11) is 1.80. The van der Waals surface area contributed by atoms with E-state index >= 15 is 0 Å². The van der Waals surface area contributed by atoms with Crippen molar-refractivity contribution in [2.45, 2.75) is 38.3 Å². The lowest BCUT2D eigenvalue weighted by Crippen LogP contribution is -2.41. The Balaban J connectivity index is 1.40. The topological polar surface area (TPSA) is 70.4 Å². The number of aliphatic hydroxyl groups is 1. The van der Waals surface area contributed by atoms with Gasteiger partial charge in [-0.15, -0.1) is 0 Å².